The summed E-state index contributed by atoms with van der Waals surface area (Å²) in [6.07, 6.45) is 0.732. The second kappa shape index (κ2) is 8.98. The highest BCUT2D eigenvalue weighted by molar-refractivity contribution is 7.10. The van der Waals surface area contributed by atoms with Gasteiger partial charge in [0.1, 0.15) is 5.75 Å². The lowest BCUT2D eigenvalue weighted by Crippen LogP contribution is -2.42. The van der Waals surface area contributed by atoms with Crippen molar-refractivity contribution < 1.29 is 19.0 Å². The average molecular weight is 444 g/mol. The van der Waals surface area contributed by atoms with Gasteiger partial charge < -0.3 is 19.1 Å². The predicted octanol–water partition coefficient (Wildman–Crippen LogP) is 4.97. The van der Waals surface area contributed by atoms with Gasteiger partial charge in [-0.25, -0.2) is 0 Å². The molecule has 1 aliphatic heterocycles. The fourth-order valence-electron chi connectivity index (χ4n) is 3.75. The summed E-state index contributed by atoms with van der Waals surface area (Å²) in [5.41, 5.74) is 2.20. The van der Waals surface area contributed by atoms with E-state index in [4.69, 9.17) is 25.8 Å². The zero-order valence-electron chi connectivity index (χ0n) is 16.8. The van der Waals surface area contributed by atoms with Gasteiger partial charge in [-0.05, 0) is 53.3 Å². The average Bonchev–Trinajstić information content (AvgIpc) is 3.31. The first-order chi connectivity index (χ1) is 14.6. The Morgan fingerprint density at radius 2 is 1.87 bits per heavy atom. The molecule has 5 nitrogen and oxygen atoms in total. The first-order valence-electron chi connectivity index (χ1n) is 9.57. The monoisotopic (exact) mass is 443 g/mol. The number of carbonyl (C=O) groups is 1. The Labute approximate surface area is 184 Å². The molecule has 1 amide bonds. The molecule has 4 rings (SSSR count). The molecule has 1 atom stereocenters. The smallest absolute Gasteiger partial charge is 0.261 e. The van der Waals surface area contributed by atoms with Crippen molar-refractivity contribution in [2.45, 2.75) is 12.5 Å². The number of para-hydroxylation sites is 1. The SMILES string of the molecule is COc1cc2c(cc1OC)C(c1cccs1)N(C(=O)COc1ccccc1Cl)CC2. The summed E-state index contributed by atoms with van der Waals surface area (Å²) in [7, 11) is 3.25. The third-order valence-electron chi connectivity index (χ3n) is 5.19. The molecule has 3 aromatic rings. The summed E-state index contributed by atoms with van der Waals surface area (Å²) in [6, 6.07) is 15.0. The van der Waals surface area contributed by atoms with E-state index < -0.39 is 0 Å². The van der Waals surface area contributed by atoms with Crippen molar-refractivity contribution in [1.82, 2.24) is 4.90 Å². The molecular formula is C23H22ClNO4S. The van der Waals surface area contributed by atoms with Crippen molar-refractivity contribution in [2.24, 2.45) is 0 Å². The highest BCUT2D eigenvalue weighted by atomic mass is 35.5. The first kappa shape index (κ1) is 20.6. The highest BCUT2D eigenvalue weighted by Gasteiger charge is 2.34. The Morgan fingerprint density at radius 1 is 1.10 bits per heavy atom. The van der Waals surface area contributed by atoms with Crippen molar-refractivity contribution in [2.75, 3.05) is 27.4 Å². The molecule has 0 spiro atoms. The second-order valence-corrected chi connectivity index (χ2v) is 8.27. The molecule has 0 saturated heterocycles. The quantitative estimate of drug-likeness (QED) is 0.539. The van der Waals surface area contributed by atoms with E-state index in [2.05, 4.69) is 6.07 Å². The molecule has 156 valence electrons. The number of methoxy groups -OCH3 is 2. The van der Waals surface area contributed by atoms with E-state index in [-0.39, 0.29) is 18.6 Å². The van der Waals surface area contributed by atoms with Crippen LogP contribution < -0.4 is 14.2 Å². The van der Waals surface area contributed by atoms with Gasteiger partial charge >= 0.3 is 0 Å². The number of amides is 1. The van der Waals surface area contributed by atoms with Gasteiger partial charge in [-0.15, -0.1) is 11.3 Å². The van der Waals surface area contributed by atoms with Crippen molar-refractivity contribution in [3.63, 3.8) is 0 Å². The van der Waals surface area contributed by atoms with Crippen LogP contribution in [0.5, 0.6) is 17.2 Å². The minimum absolute atomic E-state index is 0.0752. The maximum atomic E-state index is 13.2. The number of carbonyl (C=O) groups excluding carboxylic acids is 1. The minimum atomic E-state index is -0.198. The molecular weight excluding hydrogens is 422 g/mol. The maximum Gasteiger partial charge on any atom is 0.261 e. The van der Waals surface area contributed by atoms with Crippen LogP contribution in [-0.4, -0.2) is 38.2 Å². The fourth-order valence-corrected chi connectivity index (χ4v) is 4.80. The number of ether oxygens (including phenoxy) is 3. The summed E-state index contributed by atoms with van der Waals surface area (Å²) in [5.74, 6) is 1.76. The molecule has 2 heterocycles. The molecule has 0 aliphatic carbocycles. The van der Waals surface area contributed by atoms with E-state index >= 15 is 0 Å². The number of rotatable bonds is 6. The summed E-state index contributed by atoms with van der Waals surface area (Å²) in [6.45, 7) is 0.518. The van der Waals surface area contributed by atoms with Crippen molar-refractivity contribution in [3.05, 3.63) is 74.9 Å². The van der Waals surface area contributed by atoms with Gasteiger partial charge in [0.15, 0.2) is 18.1 Å². The lowest BCUT2D eigenvalue weighted by atomic mass is 9.90. The first-order valence-corrected chi connectivity index (χ1v) is 10.8. The van der Waals surface area contributed by atoms with Gasteiger partial charge in [0.05, 0.1) is 25.3 Å². The van der Waals surface area contributed by atoms with E-state index in [9.17, 15) is 4.79 Å². The number of hydrogen-bond donors (Lipinski definition) is 0. The number of benzene rings is 2. The molecule has 1 unspecified atom stereocenters. The van der Waals surface area contributed by atoms with Crippen LogP contribution in [0.4, 0.5) is 0 Å². The summed E-state index contributed by atoms with van der Waals surface area (Å²) >= 11 is 7.78. The number of thiophene rings is 1. The van der Waals surface area contributed by atoms with Crippen LogP contribution in [0.15, 0.2) is 53.9 Å². The van der Waals surface area contributed by atoms with E-state index in [1.54, 1.807) is 37.7 Å². The maximum absolute atomic E-state index is 13.2. The Balaban J connectivity index is 1.65. The van der Waals surface area contributed by atoms with E-state index in [0.29, 0.717) is 28.8 Å². The molecule has 0 radical (unpaired) electrons. The number of nitrogens with zero attached hydrogens (tertiary/aromatic N) is 1. The zero-order valence-corrected chi connectivity index (χ0v) is 18.3. The number of fused-ring (bicyclic) bond motifs is 1. The minimum Gasteiger partial charge on any atom is -0.493 e. The summed E-state index contributed by atoms with van der Waals surface area (Å²) in [4.78, 5) is 16.1. The number of halogens is 1. The number of hydrogen-bond acceptors (Lipinski definition) is 5. The topological polar surface area (TPSA) is 48.0 Å². The van der Waals surface area contributed by atoms with Crippen LogP contribution in [0.25, 0.3) is 0 Å². The molecule has 30 heavy (non-hydrogen) atoms. The lowest BCUT2D eigenvalue weighted by Gasteiger charge is -2.37. The van der Waals surface area contributed by atoms with Gasteiger partial charge in [-0.1, -0.05) is 29.8 Å². The van der Waals surface area contributed by atoms with Crippen LogP contribution in [0.2, 0.25) is 5.02 Å². The van der Waals surface area contributed by atoms with E-state index in [0.717, 1.165) is 22.4 Å². The van der Waals surface area contributed by atoms with Crippen molar-refractivity contribution in [3.8, 4) is 17.2 Å². The standard InChI is InChI=1S/C23H22ClNO4S/c1-27-19-12-15-9-10-25(22(26)14-29-18-7-4-3-6-17(18)24)23(21-8-5-11-30-21)16(15)13-20(19)28-2/h3-8,11-13,23H,9-10,14H2,1-2H3. The largest absolute Gasteiger partial charge is 0.493 e. The Kier molecular flexibility index (Phi) is 6.16. The van der Waals surface area contributed by atoms with Gasteiger partial charge in [0, 0.05) is 11.4 Å². The fraction of sp³-hybridized carbons (Fsp3) is 0.261. The van der Waals surface area contributed by atoms with Gasteiger partial charge in [-0.3, -0.25) is 4.79 Å². The van der Waals surface area contributed by atoms with Gasteiger partial charge in [-0.2, -0.15) is 0 Å². The van der Waals surface area contributed by atoms with Crippen LogP contribution in [0.1, 0.15) is 22.0 Å². The third kappa shape index (κ3) is 3.98. The highest BCUT2D eigenvalue weighted by Crippen LogP contribution is 2.42. The molecule has 2 aromatic carbocycles. The van der Waals surface area contributed by atoms with E-state index in [1.807, 2.05) is 40.6 Å². The van der Waals surface area contributed by atoms with Crippen molar-refractivity contribution in [1.29, 1.82) is 0 Å². The Bertz CT molecular complexity index is 1040. The molecule has 7 heteroatoms. The summed E-state index contributed by atoms with van der Waals surface area (Å²) < 4.78 is 16.7. The Hall–Kier alpha value is -2.70. The van der Waals surface area contributed by atoms with Crippen LogP contribution in [0, 0.1) is 0 Å². The van der Waals surface area contributed by atoms with Crippen LogP contribution in [-0.2, 0) is 11.2 Å². The van der Waals surface area contributed by atoms with Gasteiger partial charge in [0.2, 0.25) is 0 Å². The molecule has 0 bridgehead atoms. The summed E-state index contributed by atoms with van der Waals surface area (Å²) in [5, 5.41) is 2.51. The predicted molar refractivity (Wildman–Crippen MR) is 118 cm³/mol. The van der Waals surface area contributed by atoms with E-state index in [1.165, 1.54) is 0 Å². The molecule has 1 aromatic heterocycles. The van der Waals surface area contributed by atoms with Crippen molar-refractivity contribution >= 4 is 28.8 Å². The second-order valence-electron chi connectivity index (χ2n) is 6.88. The van der Waals surface area contributed by atoms with Crippen LogP contribution in [0.3, 0.4) is 0 Å². The normalized spacial score (nSPS) is 15.4. The third-order valence-corrected chi connectivity index (χ3v) is 6.43. The molecule has 0 saturated carbocycles. The lowest BCUT2D eigenvalue weighted by molar-refractivity contribution is -0.135. The molecule has 1 aliphatic rings. The van der Waals surface area contributed by atoms with Gasteiger partial charge in [0.25, 0.3) is 5.91 Å². The zero-order chi connectivity index (χ0) is 21.1. The van der Waals surface area contributed by atoms with Crippen LogP contribution >= 0.6 is 22.9 Å². The molecule has 0 N–H and O–H groups in total. The Morgan fingerprint density at radius 3 is 2.57 bits per heavy atom. The molecule has 0 fully saturated rings.